The van der Waals surface area contributed by atoms with Crippen LogP contribution in [-0.4, -0.2) is 58.3 Å². The third-order valence-corrected chi connectivity index (χ3v) is 9.58. The molecule has 5 atom stereocenters. The molecule has 8 rings (SSSR count). The number of piperidine rings is 1. The van der Waals surface area contributed by atoms with E-state index in [2.05, 4.69) is 14.9 Å². The van der Waals surface area contributed by atoms with Crippen molar-refractivity contribution >= 4 is 28.6 Å². The molecule has 3 fully saturated rings. The molecule has 44 heavy (non-hydrogen) atoms. The Balaban J connectivity index is 1.03. The van der Waals surface area contributed by atoms with E-state index in [1.807, 2.05) is 4.57 Å². The Morgan fingerprint density at radius 2 is 1.93 bits per heavy atom. The SMILES string of the molecule is COC(=O)c1cc(F)c2nc(CN3C[C@@H]4[C@H](C3)[C@H]4c3c(F)ccc4c3OC(C)(c3ccc(Cl)cn3)O4)n(C[C@@H]3CCO3)c2c1. The average molecular weight is 623 g/mol. The first-order valence-electron chi connectivity index (χ1n) is 14.7. The summed E-state index contributed by atoms with van der Waals surface area (Å²) in [5.74, 6) is -0.620. The molecule has 4 aliphatic rings. The van der Waals surface area contributed by atoms with Gasteiger partial charge in [0.15, 0.2) is 17.3 Å². The Kier molecular flexibility index (Phi) is 6.37. The molecule has 0 spiro atoms. The van der Waals surface area contributed by atoms with Gasteiger partial charge in [0.05, 0.1) is 42.4 Å². The fourth-order valence-electron chi connectivity index (χ4n) is 7.02. The maximum Gasteiger partial charge on any atom is 0.338 e. The molecule has 1 aliphatic carbocycles. The van der Waals surface area contributed by atoms with Gasteiger partial charge >= 0.3 is 5.97 Å². The fraction of sp³-hybridized carbons (Fsp3) is 0.406. The largest absolute Gasteiger partial charge is 0.465 e. The second kappa shape index (κ2) is 10.1. The number of rotatable bonds is 7. The molecular formula is C32H29ClF2N4O5. The summed E-state index contributed by atoms with van der Waals surface area (Å²) in [6.07, 6.45) is 2.44. The lowest BCUT2D eigenvalue weighted by Crippen LogP contribution is -2.33. The van der Waals surface area contributed by atoms with Crippen LogP contribution >= 0.6 is 11.6 Å². The number of hydrogen-bond acceptors (Lipinski definition) is 8. The number of imidazole rings is 1. The second-order valence-corrected chi connectivity index (χ2v) is 12.5. The molecule has 2 saturated heterocycles. The number of aromatic nitrogens is 3. The van der Waals surface area contributed by atoms with Crippen LogP contribution in [0.1, 0.15) is 46.7 Å². The zero-order chi connectivity index (χ0) is 30.3. The Morgan fingerprint density at radius 1 is 1.14 bits per heavy atom. The number of carbonyl (C=O) groups excluding carboxylic acids is 1. The van der Waals surface area contributed by atoms with Gasteiger partial charge in [0, 0.05) is 38.4 Å². The van der Waals surface area contributed by atoms with Crippen molar-refractivity contribution in [3.05, 3.63) is 81.9 Å². The molecule has 0 N–H and O–H groups in total. The van der Waals surface area contributed by atoms with Crippen LogP contribution < -0.4 is 9.47 Å². The standard InChI is InChI=1S/C32H29ClF2N4O5/c1-32(25-6-3-17(33)11-36-25)43-24-5-4-21(34)28(30(24)44-32)27-19-13-38(14-20(19)27)15-26-37-29-22(35)9-16(31(40)41-2)10-23(29)39(26)12-18-7-8-42-18/h3-6,9-11,18-20,27H,7-8,12-15H2,1-2H3/t18-,19-,20+,27+,32?/m0/s1. The molecule has 12 heteroatoms. The van der Waals surface area contributed by atoms with Gasteiger partial charge in [-0.1, -0.05) is 11.6 Å². The summed E-state index contributed by atoms with van der Waals surface area (Å²) in [6.45, 7) is 4.92. The molecule has 0 radical (unpaired) electrons. The predicted octanol–water partition coefficient (Wildman–Crippen LogP) is 5.43. The minimum atomic E-state index is -1.20. The van der Waals surface area contributed by atoms with Gasteiger partial charge in [-0.25, -0.2) is 18.6 Å². The van der Waals surface area contributed by atoms with E-state index in [0.29, 0.717) is 58.8 Å². The van der Waals surface area contributed by atoms with Crippen molar-refractivity contribution in [3.8, 4) is 11.5 Å². The van der Waals surface area contributed by atoms with E-state index in [9.17, 15) is 4.79 Å². The molecule has 9 nitrogen and oxygen atoms in total. The molecule has 0 amide bonds. The second-order valence-electron chi connectivity index (χ2n) is 12.1. The van der Waals surface area contributed by atoms with E-state index in [1.54, 1.807) is 31.2 Å². The highest BCUT2D eigenvalue weighted by molar-refractivity contribution is 6.30. The molecule has 2 aromatic heterocycles. The van der Waals surface area contributed by atoms with Crippen molar-refractivity contribution in [2.24, 2.45) is 11.8 Å². The van der Waals surface area contributed by atoms with Crippen molar-refractivity contribution in [2.45, 2.75) is 44.2 Å². The number of pyridine rings is 1. The number of carbonyl (C=O) groups is 1. The van der Waals surface area contributed by atoms with Gasteiger partial charge in [-0.2, -0.15) is 0 Å². The first-order chi connectivity index (χ1) is 21.2. The highest BCUT2D eigenvalue weighted by Gasteiger charge is 2.59. The third kappa shape index (κ3) is 4.43. The summed E-state index contributed by atoms with van der Waals surface area (Å²) >= 11 is 6.01. The molecule has 2 aromatic carbocycles. The summed E-state index contributed by atoms with van der Waals surface area (Å²) in [6, 6.07) is 9.28. The van der Waals surface area contributed by atoms with Crippen molar-refractivity contribution in [3.63, 3.8) is 0 Å². The first-order valence-corrected chi connectivity index (χ1v) is 15.0. The smallest absolute Gasteiger partial charge is 0.338 e. The van der Waals surface area contributed by atoms with Gasteiger partial charge < -0.3 is 23.5 Å². The number of halogens is 3. The number of fused-ring (bicyclic) bond motifs is 3. The Labute approximate surface area is 256 Å². The van der Waals surface area contributed by atoms with Crippen molar-refractivity contribution in [2.75, 3.05) is 26.8 Å². The molecule has 5 heterocycles. The van der Waals surface area contributed by atoms with Gasteiger partial charge in [0.2, 0.25) is 0 Å². The molecule has 1 unspecified atom stereocenters. The minimum absolute atomic E-state index is 0.00600. The lowest BCUT2D eigenvalue weighted by molar-refractivity contribution is -0.0721. The van der Waals surface area contributed by atoms with Crippen molar-refractivity contribution in [1.29, 1.82) is 0 Å². The van der Waals surface area contributed by atoms with Gasteiger partial charge in [-0.05, 0) is 60.6 Å². The van der Waals surface area contributed by atoms with E-state index in [0.717, 1.165) is 25.6 Å². The Bertz CT molecular complexity index is 1800. The van der Waals surface area contributed by atoms with Crippen molar-refractivity contribution in [1.82, 2.24) is 19.4 Å². The summed E-state index contributed by atoms with van der Waals surface area (Å²) in [5.41, 5.74) is 1.97. The first kappa shape index (κ1) is 27.7. The number of nitrogens with zero attached hydrogens (tertiary/aromatic N) is 4. The van der Waals surface area contributed by atoms with Gasteiger partial charge in [-0.3, -0.25) is 9.88 Å². The molecular weight excluding hydrogens is 594 g/mol. The van der Waals surface area contributed by atoms with Crippen LogP contribution in [0.3, 0.4) is 0 Å². The third-order valence-electron chi connectivity index (χ3n) is 9.36. The zero-order valence-electron chi connectivity index (χ0n) is 24.1. The zero-order valence-corrected chi connectivity index (χ0v) is 24.8. The van der Waals surface area contributed by atoms with Crippen molar-refractivity contribution < 1.29 is 32.5 Å². The monoisotopic (exact) mass is 622 g/mol. The highest BCUT2D eigenvalue weighted by Crippen LogP contribution is 2.63. The van der Waals surface area contributed by atoms with E-state index in [-0.39, 0.29) is 40.8 Å². The number of methoxy groups -OCH3 is 1. The minimum Gasteiger partial charge on any atom is -0.465 e. The van der Waals surface area contributed by atoms with Crippen LogP contribution in [0.15, 0.2) is 42.6 Å². The number of benzene rings is 2. The quantitative estimate of drug-likeness (QED) is 0.252. The summed E-state index contributed by atoms with van der Waals surface area (Å²) in [7, 11) is 1.27. The lowest BCUT2D eigenvalue weighted by atomic mass is 10.0. The van der Waals surface area contributed by atoms with Crippen LogP contribution in [0.4, 0.5) is 8.78 Å². The van der Waals surface area contributed by atoms with Crippen LogP contribution in [0.2, 0.25) is 5.02 Å². The highest BCUT2D eigenvalue weighted by atomic mass is 35.5. The van der Waals surface area contributed by atoms with E-state index in [4.69, 9.17) is 30.5 Å². The molecule has 0 bridgehead atoms. The number of esters is 1. The van der Waals surface area contributed by atoms with Crippen LogP contribution in [0.25, 0.3) is 11.0 Å². The molecule has 3 aliphatic heterocycles. The van der Waals surface area contributed by atoms with Crippen LogP contribution in [0.5, 0.6) is 11.5 Å². The fourth-order valence-corrected chi connectivity index (χ4v) is 7.13. The predicted molar refractivity (Wildman–Crippen MR) is 155 cm³/mol. The topological polar surface area (TPSA) is 87.9 Å². The molecule has 1 saturated carbocycles. The number of ether oxygens (including phenoxy) is 4. The number of hydrogen-bond donors (Lipinski definition) is 0. The maximum atomic E-state index is 15.4. The van der Waals surface area contributed by atoms with E-state index < -0.39 is 17.6 Å². The molecule has 4 aromatic rings. The lowest BCUT2D eigenvalue weighted by Gasteiger charge is -2.28. The van der Waals surface area contributed by atoms with Gasteiger partial charge in [-0.15, -0.1) is 0 Å². The maximum absolute atomic E-state index is 15.4. The normalized spacial score (nSPS) is 26.9. The van der Waals surface area contributed by atoms with Gasteiger partial charge in [0.25, 0.3) is 5.79 Å². The van der Waals surface area contributed by atoms with Crippen LogP contribution in [-0.2, 0) is 28.4 Å². The summed E-state index contributed by atoms with van der Waals surface area (Å²) in [5, 5.41) is 0.498. The summed E-state index contributed by atoms with van der Waals surface area (Å²) < 4.78 is 55.4. The Hall–Kier alpha value is -3.80. The van der Waals surface area contributed by atoms with E-state index in [1.165, 1.54) is 19.4 Å². The summed E-state index contributed by atoms with van der Waals surface area (Å²) in [4.78, 5) is 23.5. The van der Waals surface area contributed by atoms with Crippen LogP contribution in [0, 0.1) is 23.5 Å². The van der Waals surface area contributed by atoms with Gasteiger partial charge in [0.1, 0.15) is 22.9 Å². The average Bonchev–Trinajstić information content (AvgIpc) is 3.28. The molecule has 228 valence electrons. The van der Waals surface area contributed by atoms with E-state index >= 15 is 8.78 Å². The Morgan fingerprint density at radius 3 is 2.61 bits per heavy atom. The number of likely N-dealkylation sites (tertiary alicyclic amines) is 1.